The summed E-state index contributed by atoms with van der Waals surface area (Å²) >= 11 is 0. The number of hydrogen-bond acceptors (Lipinski definition) is 2. The van der Waals surface area contributed by atoms with Gasteiger partial charge in [0, 0.05) is 5.92 Å². The van der Waals surface area contributed by atoms with Gasteiger partial charge in [0.1, 0.15) is 0 Å². The first kappa shape index (κ1) is 12.7. The second-order valence-corrected chi connectivity index (χ2v) is 5.41. The van der Waals surface area contributed by atoms with Crippen molar-refractivity contribution >= 4 is 5.78 Å². The van der Waals surface area contributed by atoms with Gasteiger partial charge in [-0.2, -0.15) is 0 Å². The van der Waals surface area contributed by atoms with Gasteiger partial charge in [-0.3, -0.25) is 4.79 Å². The summed E-state index contributed by atoms with van der Waals surface area (Å²) in [4.78, 5) is 12.2. The Hall–Kier alpha value is -0.370. The average Bonchev–Trinajstić information content (AvgIpc) is 2.16. The molecule has 0 bridgehead atoms. The largest absolute Gasteiger partial charge is 0.319 e. The third-order valence-electron chi connectivity index (χ3n) is 3.69. The van der Waals surface area contributed by atoms with Crippen molar-refractivity contribution in [1.82, 2.24) is 0 Å². The van der Waals surface area contributed by atoms with Crippen molar-refractivity contribution < 1.29 is 4.79 Å². The molecule has 2 heteroatoms. The summed E-state index contributed by atoms with van der Waals surface area (Å²) in [6.07, 6.45) is 6.17. The Bertz CT molecular complexity index is 227. The molecule has 2 nitrogen and oxygen atoms in total. The lowest BCUT2D eigenvalue weighted by Crippen LogP contribution is -2.53. The van der Waals surface area contributed by atoms with Gasteiger partial charge in [-0.15, -0.1) is 0 Å². The van der Waals surface area contributed by atoms with E-state index in [1.807, 2.05) is 6.92 Å². The van der Waals surface area contributed by atoms with E-state index >= 15 is 0 Å². The molecule has 88 valence electrons. The maximum Gasteiger partial charge on any atom is 0.155 e. The highest BCUT2D eigenvalue weighted by Crippen LogP contribution is 2.33. The van der Waals surface area contributed by atoms with Gasteiger partial charge in [-0.1, -0.05) is 40.0 Å². The third-order valence-corrected chi connectivity index (χ3v) is 3.69. The summed E-state index contributed by atoms with van der Waals surface area (Å²) < 4.78 is 0. The summed E-state index contributed by atoms with van der Waals surface area (Å²) in [6.45, 7) is 6.36. The molecule has 0 radical (unpaired) electrons. The van der Waals surface area contributed by atoms with Gasteiger partial charge in [0.25, 0.3) is 0 Å². The van der Waals surface area contributed by atoms with E-state index in [0.717, 1.165) is 32.1 Å². The Balaban J connectivity index is 2.63. The summed E-state index contributed by atoms with van der Waals surface area (Å²) in [7, 11) is 0. The van der Waals surface area contributed by atoms with Crippen molar-refractivity contribution in [3.63, 3.8) is 0 Å². The molecule has 3 unspecified atom stereocenters. The zero-order valence-corrected chi connectivity index (χ0v) is 10.4. The van der Waals surface area contributed by atoms with Crippen molar-refractivity contribution in [1.29, 1.82) is 0 Å². The second kappa shape index (κ2) is 5.11. The van der Waals surface area contributed by atoms with Crippen molar-refractivity contribution in [2.24, 2.45) is 17.6 Å². The van der Waals surface area contributed by atoms with Crippen LogP contribution in [0.3, 0.4) is 0 Å². The highest BCUT2D eigenvalue weighted by Gasteiger charge is 2.39. The Kier molecular flexibility index (Phi) is 4.32. The van der Waals surface area contributed by atoms with E-state index in [1.165, 1.54) is 6.42 Å². The standard InChI is InChI=1S/C13H25NO/c1-4-6-11(3)12(15)13(14)8-5-7-10(2)9-13/h10-11H,4-9,14H2,1-3H3. The molecule has 0 aliphatic heterocycles. The summed E-state index contributed by atoms with van der Waals surface area (Å²) in [6, 6.07) is 0. The van der Waals surface area contributed by atoms with Crippen LogP contribution in [0.2, 0.25) is 0 Å². The SMILES string of the molecule is CCCC(C)C(=O)C1(N)CCCC(C)C1. The maximum atomic E-state index is 12.2. The van der Waals surface area contributed by atoms with Gasteiger partial charge in [0.05, 0.1) is 5.54 Å². The van der Waals surface area contributed by atoms with Gasteiger partial charge in [-0.05, 0) is 25.2 Å². The molecule has 1 aliphatic rings. The molecule has 0 spiro atoms. The molecule has 0 amide bonds. The first-order chi connectivity index (χ1) is 6.99. The monoisotopic (exact) mass is 211 g/mol. The van der Waals surface area contributed by atoms with Crippen LogP contribution in [0.5, 0.6) is 0 Å². The Morgan fingerprint density at radius 3 is 2.80 bits per heavy atom. The van der Waals surface area contributed by atoms with E-state index in [9.17, 15) is 4.79 Å². The van der Waals surface area contributed by atoms with E-state index in [-0.39, 0.29) is 5.92 Å². The van der Waals surface area contributed by atoms with Crippen molar-refractivity contribution in [2.45, 2.75) is 64.8 Å². The Labute approximate surface area is 93.6 Å². The lowest BCUT2D eigenvalue weighted by atomic mass is 9.71. The van der Waals surface area contributed by atoms with Crippen LogP contribution in [0.25, 0.3) is 0 Å². The minimum atomic E-state index is -0.508. The number of rotatable bonds is 4. The minimum Gasteiger partial charge on any atom is -0.319 e. The topological polar surface area (TPSA) is 43.1 Å². The first-order valence-corrected chi connectivity index (χ1v) is 6.33. The molecule has 0 aromatic heterocycles. The normalized spacial score (nSPS) is 33.7. The molecule has 1 fully saturated rings. The second-order valence-electron chi connectivity index (χ2n) is 5.41. The molecule has 1 aliphatic carbocycles. The van der Waals surface area contributed by atoms with Crippen LogP contribution in [-0.4, -0.2) is 11.3 Å². The smallest absolute Gasteiger partial charge is 0.155 e. The van der Waals surface area contributed by atoms with Crippen LogP contribution in [0.15, 0.2) is 0 Å². The zero-order valence-electron chi connectivity index (χ0n) is 10.4. The van der Waals surface area contributed by atoms with Gasteiger partial charge < -0.3 is 5.73 Å². The molecule has 0 saturated heterocycles. The predicted octanol–water partition coefficient (Wildman–Crippen LogP) is 2.90. The molecule has 1 rings (SSSR count). The van der Waals surface area contributed by atoms with Gasteiger partial charge in [-0.25, -0.2) is 0 Å². The maximum absolute atomic E-state index is 12.2. The number of nitrogens with two attached hydrogens (primary N) is 1. The van der Waals surface area contributed by atoms with Crippen molar-refractivity contribution in [3.8, 4) is 0 Å². The van der Waals surface area contributed by atoms with Crippen LogP contribution in [0.1, 0.15) is 59.3 Å². The molecule has 0 aromatic carbocycles. The molecule has 15 heavy (non-hydrogen) atoms. The number of carbonyl (C=O) groups is 1. The fraction of sp³-hybridized carbons (Fsp3) is 0.923. The summed E-state index contributed by atoms with van der Waals surface area (Å²) in [5, 5.41) is 0. The van der Waals surface area contributed by atoms with E-state index in [4.69, 9.17) is 5.73 Å². The zero-order chi connectivity index (χ0) is 11.5. The summed E-state index contributed by atoms with van der Waals surface area (Å²) in [5.74, 6) is 1.06. The molecular formula is C13H25NO. The molecule has 3 atom stereocenters. The van der Waals surface area contributed by atoms with Crippen LogP contribution in [-0.2, 0) is 4.79 Å². The number of carbonyl (C=O) groups excluding carboxylic acids is 1. The molecule has 0 heterocycles. The van der Waals surface area contributed by atoms with E-state index < -0.39 is 5.54 Å². The van der Waals surface area contributed by atoms with E-state index in [0.29, 0.717) is 11.7 Å². The van der Waals surface area contributed by atoms with Crippen molar-refractivity contribution in [3.05, 3.63) is 0 Å². The van der Waals surface area contributed by atoms with Crippen LogP contribution < -0.4 is 5.73 Å². The first-order valence-electron chi connectivity index (χ1n) is 6.33. The molecule has 1 saturated carbocycles. The Morgan fingerprint density at radius 1 is 1.60 bits per heavy atom. The third kappa shape index (κ3) is 3.04. The minimum absolute atomic E-state index is 0.144. The molecular weight excluding hydrogens is 186 g/mol. The summed E-state index contributed by atoms with van der Waals surface area (Å²) in [5.41, 5.74) is 5.77. The van der Waals surface area contributed by atoms with Crippen molar-refractivity contribution in [2.75, 3.05) is 0 Å². The van der Waals surface area contributed by atoms with Crippen LogP contribution in [0.4, 0.5) is 0 Å². The van der Waals surface area contributed by atoms with Gasteiger partial charge in [0.2, 0.25) is 0 Å². The van der Waals surface area contributed by atoms with Crippen LogP contribution in [0, 0.1) is 11.8 Å². The van der Waals surface area contributed by atoms with E-state index in [1.54, 1.807) is 0 Å². The molecule has 2 N–H and O–H groups in total. The quantitative estimate of drug-likeness (QED) is 0.777. The van der Waals surface area contributed by atoms with Crippen LogP contribution >= 0.6 is 0 Å². The number of Topliss-reactive ketones (excluding diaryl/α,β-unsaturated/α-hetero) is 1. The molecule has 0 aromatic rings. The average molecular weight is 211 g/mol. The van der Waals surface area contributed by atoms with Gasteiger partial charge >= 0.3 is 0 Å². The highest BCUT2D eigenvalue weighted by atomic mass is 16.1. The predicted molar refractivity (Wildman–Crippen MR) is 63.6 cm³/mol. The fourth-order valence-corrected chi connectivity index (χ4v) is 2.87. The lowest BCUT2D eigenvalue weighted by molar-refractivity contribution is -0.129. The number of ketones is 1. The van der Waals surface area contributed by atoms with E-state index in [2.05, 4.69) is 13.8 Å². The lowest BCUT2D eigenvalue weighted by Gasteiger charge is -2.37. The highest BCUT2D eigenvalue weighted by molar-refractivity contribution is 5.90. The van der Waals surface area contributed by atoms with Gasteiger partial charge in [0.15, 0.2) is 5.78 Å². The number of hydrogen-bond donors (Lipinski definition) is 1. The fourth-order valence-electron chi connectivity index (χ4n) is 2.87. The Morgan fingerprint density at radius 2 is 2.27 bits per heavy atom.